The summed E-state index contributed by atoms with van der Waals surface area (Å²) in [6, 6.07) is 41.2. The highest BCUT2D eigenvalue weighted by Crippen LogP contribution is 2.54. The molecule has 2 N–H and O–H groups in total. The zero-order valence-corrected chi connectivity index (χ0v) is 25.0. The molecule has 0 saturated heterocycles. The van der Waals surface area contributed by atoms with E-state index in [0.29, 0.717) is 12.5 Å². The molecule has 4 aromatic rings. The van der Waals surface area contributed by atoms with E-state index in [2.05, 4.69) is 116 Å². The van der Waals surface area contributed by atoms with Crippen molar-refractivity contribution in [3.8, 4) is 0 Å². The zero-order chi connectivity index (χ0) is 27.4. The van der Waals surface area contributed by atoms with Crippen molar-refractivity contribution in [1.29, 1.82) is 0 Å². The third-order valence-corrected chi connectivity index (χ3v) is 14.3. The first kappa shape index (κ1) is 27.4. The Kier molecular flexibility index (Phi) is 8.52. The molecule has 40 heavy (non-hydrogen) atoms. The van der Waals surface area contributed by atoms with Crippen LogP contribution in [0.5, 0.6) is 0 Å². The molecule has 0 bridgehead atoms. The summed E-state index contributed by atoms with van der Waals surface area (Å²) in [6.07, 6.45) is 11.0. The molecular formula is C38H45NP+. The second-order valence-electron chi connectivity index (χ2n) is 12.4. The average molecular weight is 547 g/mol. The highest BCUT2D eigenvalue weighted by Gasteiger charge is 2.43. The van der Waals surface area contributed by atoms with Gasteiger partial charge in [0.25, 0.3) is 0 Å². The van der Waals surface area contributed by atoms with E-state index >= 15 is 0 Å². The molecule has 2 fully saturated rings. The van der Waals surface area contributed by atoms with Gasteiger partial charge in [-0.1, -0.05) is 78.9 Å². The van der Waals surface area contributed by atoms with Crippen LogP contribution in [0.3, 0.4) is 0 Å². The lowest BCUT2D eigenvalue weighted by atomic mass is 9.67. The first-order valence-electron chi connectivity index (χ1n) is 15.5. The molecular weight excluding hydrogens is 501 g/mol. The van der Waals surface area contributed by atoms with E-state index in [1.807, 2.05) is 0 Å². The molecule has 0 aliphatic heterocycles. The second-order valence-corrected chi connectivity index (χ2v) is 15.9. The monoisotopic (exact) mass is 546 g/mol. The van der Waals surface area contributed by atoms with Crippen LogP contribution >= 0.6 is 7.26 Å². The predicted molar refractivity (Wildman–Crippen MR) is 175 cm³/mol. The third-order valence-electron chi connectivity index (χ3n) is 10.3. The van der Waals surface area contributed by atoms with E-state index in [9.17, 15) is 0 Å². The summed E-state index contributed by atoms with van der Waals surface area (Å²) < 4.78 is 0. The van der Waals surface area contributed by atoms with Crippen molar-refractivity contribution in [3.05, 3.63) is 126 Å². The maximum atomic E-state index is 5.81. The van der Waals surface area contributed by atoms with Crippen LogP contribution in [0.15, 0.2) is 109 Å². The van der Waals surface area contributed by atoms with E-state index in [0.717, 1.165) is 17.8 Å². The minimum Gasteiger partial charge on any atom is -0.326 e. The van der Waals surface area contributed by atoms with Gasteiger partial charge in [-0.2, -0.15) is 0 Å². The Hall–Kier alpha value is -2.73. The van der Waals surface area contributed by atoms with Crippen LogP contribution in [-0.2, 0) is 6.54 Å². The summed E-state index contributed by atoms with van der Waals surface area (Å²) in [5.41, 5.74) is 10.2. The van der Waals surface area contributed by atoms with Crippen molar-refractivity contribution in [2.75, 3.05) is 6.66 Å². The van der Waals surface area contributed by atoms with Gasteiger partial charge in [0.1, 0.15) is 23.2 Å². The Labute approximate surface area is 242 Å². The minimum absolute atomic E-state index is 0.639. The third kappa shape index (κ3) is 5.57. The normalized spacial score (nSPS) is 23.6. The fourth-order valence-electron chi connectivity index (χ4n) is 7.87. The van der Waals surface area contributed by atoms with Crippen LogP contribution in [0.25, 0.3) is 0 Å². The molecule has 0 unspecified atom stereocenters. The van der Waals surface area contributed by atoms with Crippen LogP contribution in [-0.4, -0.2) is 6.66 Å². The van der Waals surface area contributed by atoms with Crippen LogP contribution in [0.1, 0.15) is 79.9 Å². The fraction of sp³-hybridized carbons (Fsp3) is 0.368. The van der Waals surface area contributed by atoms with Gasteiger partial charge < -0.3 is 5.73 Å². The van der Waals surface area contributed by atoms with Crippen molar-refractivity contribution >= 4 is 23.2 Å². The van der Waals surface area contributed by atoms with E-state index in [1.165, 1.54) is 73.1 Å². The average Bonchev–Trinajstić information content (AvgIpc) is 3.05. The number of hydrogen-bond acceptors (Lipinski definition) is 1. The summed E-state index contributed by atoms with van der Waals surface area (Å²) in [5.74, 6) is 3.25. The van der Waals surface area contributed by atoms with Gasteiger partial charge >= 0.3 is 0 Å². The van der Waals surface area contributed by atoms with Gasteiger partial charge in [-0.3, -0.25) is 0 Å². The van der Waals surface area contributed by atoms with Gasteiger partial charge in [0.15, 0.2) is 0 Å². The molecule has 2 heteroatoms. The Balaban J connectivity index is 1.16. The summed E-state index contributed by atoms with van der Waals surface area (Å²) in [6.45, 7) is 3.18. The maximum absolute atomic E-state index is 5.81. The topological polar surface area (TPSA) is 26.0 Å². The molecule has 0 heterocycles. The number of benzene rings is 4. The van der Waals surface area contributed by atoms with Crippen molar-refractivity contribution in [3.63, 3.8) is 0 Å². The Morgan fingerprint density at radius 2 is 1.02 bits per heavy atom. The number of hydrogen-bond donors (Lipinski definition) is 1. The first-order valence-corrected chi connectivity index (χ1v) is 17.8. The molecule has 0 aromatic heterocycles. The van der Waals surface area contributed by atoms with E-state index in [1.54, 1.807) is 10.9 Å². The summed E-state index contributed by atoms with van der Waals surface area (Å²) in [7, 11) is -1.72. The van der Waals surface area contributed by atoms with Crippen LogP contribution in [0.4, 0.5) is 0 Å². The van der Waals surface area contributed by atoms with Crippen molar-refractivity contribution < 1.29 is 0 Å². The lowest BCUT2D eigenvalue weighted by Gasteiger charge is -2.38. The van der Waals surface area contributed by atoms with Crippen molar-refractivity contribution in [2.45, 2.75) is 69.7 Å². The molecule has 0 amide bonds. The molecule has 4 aromatic carbocycles. The van der Waals surface area contributed by atoms with Crippen molar-refractivity contribution in [1.82, 2.24) is 0 Å². The second kappa shape index (κ2) is 12.4. The largest absolute Gasteiger partial charge is 0.326 e. The summed E-state index contributed by atoms with van der Waals surface area (Å²) in [4.78, 5) is 0. The van der Waals surface area contributed by atoms with Crippen LogP contribution in [0.2, 0.25) is 0 Å². The van der Waals surface area contributed by atoms with E-state index < -0.39 is 7.26 Å². The first-order chi connectivity index (χ1) is 19.7. The summed E-state index contributed by atoms with van der Waals surface area (Å²) in [5, 5.41) is 4.56. The molecule has 206 valence electrons. The highest BCUT2D eigenvalue weighted by atomic mass is 31.2. The quantitative estimate of drug-likeness (QED) is 0.232. The van der Waals surface area contributed by atoms with Crippen molar-refractivity contribution in [2.24, 2.45) is 17.6 Å². The Morgan fingerprint density at radius 1 is 0.550 bits per heavy atom. The fourth-order valence-corrected chi connectivity index (χ4v) is 11.4. The van der Waals surface area contributed by atoms with Crippen LogP contribution < -0.4 is 21.6 Å². The zero-order valence-electron chi connectivity index (χ0n) is 24.1. The molecule has 2 aliphatic rings. The van der Waals surface area contributed by atoms with E-state index in [4.69, 9.17) is 5.73 Å². The van der Waals surface area contributed by atoms with E-state index in [-0.39, 0.29) is 0 Å². The maximum Gasteiger partial charge on any atom is 0.109 e. The highest BCUT2D eigenvalue weighted by molar-refractivity contribution is 7.95. The lowest BCUT2D eigenvalue weighted by molar-refractivity contribution is 0.177. The molecule has 0 radical (unpaired) electrons. The van der Waals surface area contributed by atoms with Gasteiger partial charge in [-0.15, -0.1) is 0 Å². The Morgan fingerprint density at radius 3 is 1.55 bits per heavy atom. The lowest BCUT2D eigenvalue weighted by Crippen LogP contribution is -2.33. The van der Waals surface area contributed by atoms with Crippen LogP contribution in [0, 0.1) is 11.8 Å². The molecule has 1 nitrogen and oxygen atoms in total. The molecule has 6 rings (SSSR count). The predicted octanol–water partition coefficient (Wildman–Crippen LogP) is 8.32. The number of nitrogens with two attached hydrogens (primary N) is 1. The van der Waals surface area contributed by atoms with Gasteiger partial charge in [0, 0.05) is 6.54 Å². The molecule has 2 saturated carbocycles. The van der Waals surface area contributed by atoms with Gasteiger partial charge in [-0.05, 0) is 122 Å². The smallest absolute Gasteiger partial charge is 0.109 e. The molecule has 2 aliphatic carbocycles. The Bertz CT molecular complexity index is 1310. The molecule has 0 spiro atoms. The van der Waals surface area contributed by atoms with Gasteiger partial charge in [-0.25, -0.2) is 0 Å². The standard InChI is InChI=1S/C38H45NP/c1-40(35-10-4-2-5-11-35,36-12-6-3-7-13-36)38-15-9-8-14-37(38)34-26-24-33(25-27-34)32-22-20-31(21-23-32)30-18-16-29(28-39)17-19-30/h2-19,31-34H,20-28,39H2,1H3/q+1. The SMILES string of the molecule is C[P+](c1ccccc1)(c1ccccc1)c1ccccc1C1CCC(C2CCC(c3ccc(CN)cc3)CC2)CC1. The minimum atomic E-state index is -1.72. The molecule has 0 atom stereocenters. The summed E-state index contributed by atoms with van der Waals surface area (Å²) >= 11 is 0. The number of rotatable bonds is 7. The van der Waals surface area contributed by atoms with Gasteiger partial charge in [0.2, 0.25) is 0 Å². The van der Waals surface area contributed by atoms with Gasteiger partial charge in [0.05, 0.1) is 6.66 Å².